The molecule has 2 heterocycles. The van der Waals surface area contributed by atoms with Crippen LogP contribution >= 0.6 is 23.4 Å². The zero-order valence-corrected chi connectivity index (χ0v) is 17.8. The molecule has 0 bridgehead atoms. The molecular weight excluding hydrogens is 432 g/mol. The van der Waals surface area contributed by atoms with Crippen LogP contribution < -0.4 is 10.6 Å². The predicted molar refractivity (Wildman–Crippen MR) is 125 cm³/mol. The molecule has 1 atom stereocenters. The van der Waals surface area contributed by atoms with Crippen LogP contribution in [0.3, 0.4) is 0 Å². The van der Waals surface area contributed by atoms with Crippen molar-refractivity contribution in [3.05, 3.63) is 71.8 Å². The number of para-hydroxylation sites is 2. The summed E-state index contributed by atoms with van der Waals surface area (Å²) in [6.45, 7) is 0. The Kier molecular flexibility index (Phi) is 5.13. The van der Waals surface area contributed by atoms with E-state index in [0.29, 0.717) is 16.4 Å². The average Bonchev–Trinajstić information content (AvgIpc) is 3.19. The maximum atomic E-state index is 12.6. The first-order chi connectivity index (χ1) is 15.0. The number of imidazole rings is 1. The third kappa shape index (κ3) is 4.15. The number of aromatic amines is 1. The smallest absolute Gasteiger partial charge is 0.238 e. The Hall–Kier alpha value is -3.29. The van der Waals surface area contributed by atoms with Crippen LogP contribution in [-0.4, -0.2) is 27.0 Å². The van der Waals surface area contributed by atoms with E-state index in [1.165, 1.54) is 11.8 Å². The summed E-state index contributed by atoms with van der Waals surface area (Å²) in [4.78, 5) is 33.8. The summed E-state index contributed by atoms with van der Waals surface area (Å²) < 4.78 is 0. The number of thioether (sulfide) groups is 1. The van der Waals surface area contributed by atoms with Gasteiger partial charge < -0.3 is 15.6 Å². The van der Waals surface area contributed by atoms with Crippen molar-refractivity contribution in [3.8, 4) is 11.4 Å². The predicted octanol–water partition coefficient (Wildman–Crippen LogP) is 5.32. The summed E-state index contributed by atoms with van der Waals surface area (Å²) >= 11 is 7.35. The molecule has 6 nitrogen and oxygen atoms in total. The van der Waals surface area contributed by atoms with Gasteiger partial charge in [-0.15, -0.1) is 11.8 Å². The largest absolute Gasteiger partial charge is 0.338 e. The van der Waals surface area contributed by atoms with E-state index in [0.717, 1.165) is 27.3 Å². The molecule has 154 valence electrons. The first-order valence-electron chi connectivity index (χ1n) is 9.67. The van der Waals surface area contributed by atoms with Crippen molar-refractivity contribution in [3.63, 3.8) is 0 Å². The Labute approximate surface area is 187 Å². The lowest BCUT2D eigenvalue weighted by Crippen LogP contribution is -2.32. The number of amides is 2. The molecule has 4 aromatic rings. The van der Waals surface area contributed by atoms with Crippen molar-refractivity contribution in [2.45, 2.75) is 16.6 Å². The summed E-state index contributed by atoms with van der Waals surface area (Å²) in [6.07, 6.45) is 0.0629. The van der Waals surface area contributed by atoms with Crippen molar-refractivity contribution >= 4 is 57.6 Å². The Morgan fingerprint density at radius 2 is 1.97 bits per heavy atom. The van der Waals surface area contributed by atoms with E-state index in [9.17, 15) is 9.59 Å². The van der Waals surface area contributed by atoms with Crippen LogP contribution in [0.4, 0.5) is 11.4 Å². The Morgan fingerprint density at radius 3 is 2.84 bits per heavy atom. The Balaban J connectivity index is 1.29. The Bertz CT molecular complexity index is 1290. The maximum absolute atomic E-state index is 12.6. The highest BCUT2D eigenvalue weighted by Crippen LogP contribution is 2.38. The second kappa shape index (κ2) is 8.09. The number of H-pyrrole nitrogens is 1. The van der Waals surface area contributed by atoms with Crippen LogP contribution in [0, 0.1) is 0 Å². The van der Waals surface area contributed by atoms with E-state index in [1.54, 1.807) is 12.1 Å². The number of fused-ring (bicyclic) bond motifs is 2. The van der Waals surface area contributed by atoms with Gasteiger partial charge in [-0.25, -0.2) is 4.98 Å². The van der Waals surface area contributed by atoms with Crippen LogP contribution in [0.1, 0.15) is 6.42 Å². The van der Waals surface area contributed by atoms with Gasteiger partial charge in [-0.05, 0) is 42.5 Å². The van der Waals surface area contributed by atoms with E-state index < -0.39 is 5.25 Å². The molecule has 31 heavy (non-hydrogen) atoms. The van der Waals surface area contributed by atoms with E-state index in [4.69, 9.17) is 11.6 Å². The molecule has 2 amide bonds. The van der Waals surface area contributed by atoms with Crippen LogP contribution in [0.15, 0.2) is 71.6 Å². The maximum Gasteiger partial charge on any atom is 0.238 e. The Morgan fingerprint density at radius 1 is 1.10 bits per heavy atom. The molecule has 3 aromatic carbocycles. The fourth-order valence-electron chi connectivity index (χ4n) is 3.47. The molecule has 5 rings (SSSR count). The molecule has 1 unspecified atom stereocenters. The minimum absolute atomic E-state index is 0.0629. The van der Waals surface area contributed by atoms with Crippen molar-refractivity contribution < 1.29 is 9.59 Å². The van der Waals surface area contributed by atoms with Crippen molar-refractivity contribution in [2.75, 3.05) is 10.6 Å². The molecule has 0 fully saturated rings. The van der Waals surface area contributed by atoms with Gasteiger partial charge in [0.15, 0.2) is 0 Å². The molecule has 1 aromatic heterocycles. The SMILES string of the molecule is O=C(CC1Sc2ccc(Cl)cc2NC1=O)Nc1cccc(-c2nc3ccccc3[nH]2)c1. The topological polar surface area (TPSA) is 86.9 Å². The van der Waals surface area contributed by atoms with Gasteiger partial charge in [0.25, 0.3) is 0 Å². The lowest BCUT2D eigenvalue weighted by molar-refractivity contribution is -0.120. The number of hydrogen-bond donors (Lipinski definition) is 3. The summed E-state index contributed by atoms with van der Waals surface area (Å²) in [5, 5.41) is 5.77. The lowest BCUT2D eigenvalue weighted by atomic mass is 10.2. The van der Waals surface area contributed by atoms with E-state index in [2.05, 4.69) is 20.6 Å². The molecule has 1 aliphatic heterocycles. The molecule has 0 radical (unpaired) electrons. The minimum Gasteiger partial charge on any atom is -0.338 e. The number of nitrogens with one attached hydrogen (secondary N) is 3. The normalized spacial score (nSPS) is 15.4. The third-order valence-electron chi connectivity index (χ3n) is 4.94. The fraction of sp³-hybridized carbons (Fsp3) is 0.0870. The van der Waals surface area contributed by atoms with Crippen LogP contribution in [-0.2, 0) is 9.59 Å². The molecule has 1 aliphatic rings. The molecule has 0 aliphatic carbocycles. The zero-order chi connectivity index (χ0) is 21.4. The van der Waals surface area contributed by atoms with Gasteiger partial charge in [-0.3, -0.25) is 9.59 Å². The highest BCUT2D eigenvalue weighted by Gasteiger charge is 2.29. The monoisotopic (exact) mass is 448 g/mol. The molecule has 3 N–H and O–H groups in total. The molecule has 0 saturated carbocycles. The number of anilines is 2. The number of rotatable bonds is 4. The standard InChI is InChI=1S/C23H17ClN4O2S/c24-14-8-9-19-18(11-14)28-23(30)20(31-19)12-21(29)25-15-5-3-4-13(10-15)22-26-16-6-1-2-7-17(16)27-22/h1-11,20H,12H2,(H,25,29)(H,26,27)(H,28,30). The number of carbonyl (C=O) groups is 2. The highest BCUT2D eigenvalue weighted by atomic mass is 35.5. The molecule has 0 spiro atoms. The fourth-order valence-corrected chi connectivity index (χ4v) is 4.73. The van der Waals surface area contributed by atoms with Gasteiger partial charge >= 0.3 is 0 Å². The number of halogens is 1. The number of aromatic nitrogens is 2. The quantitative estimate of drug-likeness (QED) is 0.394. The van der Waals surface area contributed by atoms with E-state index in [-0.39, 0.29) is 18.2 Å². The second-order valence-electron chi connectivity index (χ2n) is 7.17. The molecule has 8 heteroatoms. The number of hydrogen-bond acceptors (Lipinski definition) is 4. The van der Waals surface area contributed by atoms with Crippen molar-refractivity contribution in [2.24, 2.45) is 0 Å². The van der Waals surface area contributed by atoms with E-state index >= 15 is 0 Å². The number of benzene rings is 3. The van der Waals surface area contributed by atoms with Crippen LogP contribution in [0.25, 0.3) is 22.4 Å². The molecular formula is C23H17ClN4O2S. The van der Waals surface area contributed by atoms with Gasteiger partial charge in [0.2, 0.25) is 11.8 Å². The first kappa shape index (κ1) is 19.7. The summed E-state index contributed by atoms with van der Waals surface area (Å²) in [6, 6.07) is 20.6. The summed E-state index contributed by atoms with van der Waals surface area (Å²) in [5.41, 5.74) is 4.03. The number of nitrogens with zero attached hydrogens (tertiary/aromatic N) is 1. The molecule has 0 saturated heterocycles. The zero-order valence-electron chi connectivity index (χ0n) is 16.2. The van der Waals surface area contributed by atoms with Gasteiger partial charge in [-0.1, -0.05) is 35.9 Å². The van der Waals surface area contributed by atoms with Crippen molar-refractivity contribution in [1.29, 1.82) is 0 Å². The van der Waals surface area contributed by atoms with Crippen LogP contribution in [0.5, 0.6) is 0 Å². The summed E-state index contributed by atoms with van der Waals surface area (Å²) in [5.74, 6) is 0.299. The third-order valence-corrected chi connectivity index (χ3v) is 6.45. The van der Waals surface area contributed by atoms with Crippen LogP contribution in [0.2, 0.25) is 5.02 Å². The van der Waals surface area contributed by atoms with E-state index in [1.807, 2.05) is 54.6 Å². The van der Waals surface area contributed by atoms with Crippen molar-refractivity contribution in [1.82, 2.24) is 9.97 Å². The first-order valence-corrected chi connectivity index (χ1v) is 10.9. The second-order valence-corrected chi connectivity index (χ2v) is 8.85. The lowest BCUT2D eigenvalue weighted by Gasteiger charge is -2.23. The van der Waals surface area contributed by atoms with Gasteiger partial charge in [0, 0.05) is 27.6 Å². The highest BCUT2D eigenvalue weighted by molar-refractivity contribution is 8.01. The minimum atomic E-state index is -0.507. The van der Waals surface area contributed by atoms with Gasteiger partial charge in [0.05, 0.1) is 22.0 Å². The number of carbonyl (C=O) groups excluding carboxylic acids is 2. The summed E-state index contributed by atoms with van der Waals surface area (Å²) in [7, 11) is 0. The van der Waals surface area contributed by atoms with Gasteiger partial charge in [0.1, 0.15) is 5.82 Å². The van der Waals surface area contributed by atoms with Gasteiger partial charge in [-0.2, -0.15) is 0 Å². The average molecular weight is 449 g/mol.